The zero-order valence-electron chi connectivity index (χ0n) is 17.3. The fraction of sp³-hybridized carbons (Fsp3) is 0.667. The molecule has 0 saturated carbocycles. The lowest BCUT2D eigenvalue weighted by Crippen LogP contribution is -2.41. The van der Waals surface area contributed by atoms with E-state index in [0.29, 0.717) is 5.92 Å². The van der Waals surface area contributed by atoms with Crippen LogP contribution in [0.5, 0.6) is 0 Å². The van der Waals surface area contributed by atoms with Gasteiger partial charge in [0, 0.05) is 30.9 Å². The van der Waals surface area contributed by atoms with Crippen LogP contribution in [-0.2, 0) is 6.42 Å². The van der Waals surface area contributed by atoms with Crippen LogP contribution in [0, 0.1) is 5.92 Å². The number of benzene rings is 1. The molecule has 1 aromatic rings. The normalized spacial score (nSPS) is 18.2. The van der Waals surface area contributed by atoms with Crippen molar-refractivity contribution in [1.29, 1.82) is 0 Å². The summed E-state index contributed by atoms with van der Waals surface area (Å²) in [5.74, 6) is 1.67. The number of aliphatic imine (C=N–C) groups is 1. The number of thioether (sulfide) groups is 1. The van der Waals surface area contributed by atoms with E-state index in [2.05, 4.69) is 72.9 Å². The third-order valence-corrected chi connectivity index (χ3v) is 6.24. The second-order valence-electron chi connectivity index (χ2n) is 7.73. The van der Waals surface area contributed by atoms with Crippen molar-refractivity contribution < 1.29 is 0 Å². The highest BCUT2D eigenvalue weighted by atomic mass is 127. The lowest BCUT2D eigenvalue weighted by Gasteiger charge is -2.21. The van der Waals surface area contributed by atoms with Crippen LogP contribution >= 0.6 is 35.7 Å². The quantitative estimate of drug-likeness (QED) is 0.305. The number of likely N-dealkylation sites (tertiary alicyclic amines) is 1. The van der Waals surface area contributed by atoms with Crippen LogP contribution in [-0.4, -0.2) is 61.1 Å². The first-order chi connectivity index (χ1) is 12.5. The number of hydrogen-bond acceptors (Lipinski definition) is 3. The molecule has 1 aliphatic heterocycles. The number of guanidine groups is 1. The van der Waals surface area contributed by atoms with Gasteiger partial charge in [0.25, 0.3) is 0 Å². The summed E-state index contributed by atoms with van der Waals surface area (Å²) in [4.78, 5) is 7.37. The van der Waals surface area contributed by atoms with E-state index >= 15 is 0 Å². The van der Waals surface area contributed by atoms with E-state index in [1.807, 2.05) is 11.8 Å². The van der Waals surface area contributed by atoms with Gasteiger partial charge in [0.2, 0.25) is 0 Å². The molecule has 2 N–H and O–H groups in total. The summed E-state index contributed by atoms with van der Waals surface area (Å²) in [7, 11) is 0. The first-order valence-corrected chi connectivity index (χ1v) is 11.1. The van der Waals surface area contributed by atoms with Gasteiger partial charge < -0.3 is 15.5 Å². The molecular formula is C21H37IN4S. The van der Waals surface area contributed by atoms with Gasteiger partial charge in [0.15, 0.2) is 5.96 Å². The molecule has 154 valence electrons. The minimum atomic E-state index is 0. The Kier molecular flexibility index (Phi) is 11.7. The monoisotopic (exact) mass is 504 g/mol. The Labute approximate surface area is 187 Å². The lowest BCUT2D eigenvalue weighted by molar-refractivity contribution is 0.328. The first kappa shape index (κ1) is 24.6. The molecule has 1 saturated heterocycles. The molecule has 1 unspecified atom stereocenters. The highest BCUT2D eigenvalue weighted by Crippen LogP contribution is 2.21. The van der Waals surface area contributed by atoms with E-state index in [4.69, 9.17) is 4.99 Å². The molecule has 0 radical (unpaired) electrons. The van der Waals surface area contributed by atoms with Crippen molar-refractivity contribution in [3.63, 3.8) is 0 Å². The molecule has 1 aliphatic rings. The highest BCUT2D eigenvalue weighted by molar-refractivity contribution is 14.0. The maximum Gasteiger partial charge on any atom is 0.191 e. The van der Waals surface area contributed by atoms with Crippen molar-refractivity contribution in [2.24, 2.45) is 10.9 Å². The first-order valence-electron chi connectivity index (χ1n) is 9.86. The van der Waals surface area contributed by atoms with Crippen molar-refractivity contribution in [3.05, 3.63) is 35.9 Å². The summed E-state index contributed by atoms with van der Waals surface area (Å²) in [6.07, 6.45) is 4.57. The number of nitrogens with zero attached hydrogens (tertiary/aromatic N) is 2. The highest BCUT2D eigenvalue weighted by Gasteiger charge is 2.22. The summed E-state index contributed by atoms with van der Waals surface area (Å²) in [5, 5.41) is 6.93. The van der Waals surface area contributed by atoms with Gasteiger partial charge in [-0.2, -0.15) is 11.8 Å². The fourth-order valence-corrected chi connectivity index (χ4v) is 3.32. The Balaban J connectivity index is 0.00000364. The van der Waals surface area contributed by atoms with Crippen molar-refractivity contribution >= 4 is 41.7 Å². The van der Waals surface area contributed by atoms with Crippen molar-refractivity contribution in [2.75, 3.05) is 45.5 Å². The molecular weight excluding hydrogens is 467 g/mol. The van der Waals surface area contributed by atoms with Crippen LogP contribution in [0.4, 0.5) is 0 Å². The Morgan fingerprint density at radius 3 is 2.67 bits per heavy atom. The van der Waals surface area contributed by atoms with Crippen LogP contribution in [0.1, 0.15) is 32.8 Å². The van der Waals surface area contributed by atoms with Gasteiger partial charge in [-0.25, -0.2) is 0 Å². The van der Waals surface area contributed by atoms with Gasteiger partial charge in [0.05, 0.1) is 6.54 Å². The Morgan fingerprint density at radius 2 is 2.00 bits per heavy atom. The third kappa shape index (κ3) is 9.52. The predicted octanol–water partition coefficient (Wildman–Crippen LogP) is 3.87. The van der Waals surface area contributed by atoms with E-state index in [-0.39, 0.29) is 28.7 Å². The summed E-state index contributed by atoms with van der Waals surface area (Å²) < 4.78 is 0.184. The molecule has 1 heterocycles. The maximum absolute atomic E-state index is 4.77. The second kappa shape index (κ2) is 12.9. The van der Waals surface area contributed by atoms with Gasteiger partial charge in [0.1, 0.15) is 0 Å². The molecule has 0 aliphatic carbocycles. The van der Waals surface area contributed by atoms with E-state index < -0.39 is 0 Å². The Bertz CT molecular complexity index is 550. The third-order valence-electron chi connectivity index (χ3n) is 5.00. The molecule has 0 spiro atoms. The summed E-state index contributed by atoms with van der Waals surface area (Å²) >= 11 is 1.87. The molecule has 0 amide bonds. The summed E-state index contributed by atoms with van der Waals surface area (Å²) in [6.45, 7) is 12.9. The average molecular weight is 505 g/mol. The fourth-order valence-electron chi connectivity index (χ4n) is 3.13. The number of nitrogens with one attached hydrogen (secondary N) is 2. The summed E-state index contributed by atoms with van der Waals surface area (Å²) in [6, 6.07) is 10.8. The van der Waals surface area contributed by atoms with Gasteiger partial charge >= 0.3 is 0 Å². The SMILES string of the molecule is CCNC(=NCC(C)(C)SC)NCC1CCN(CCc2ccccc2)C1.I. The van der Waals surface area contributed by atoms with Gasteiger partial charge in [-0.15, -0.1) is 24.0 Å². The van der Waals surface area contributed by atoms with Crippen LogP contribution in [0.3, 0.4) is 0 Å². The van der Waals surface area contributed by atoms with Gasteiger partial charge in [-0.1, -0.05) is 30.3 Å². The number of hydrogen-bond donors (Lipinski definition) is 2. The standard InChI is InChI=1S/C21H36N4S.HI/c1-5-22-20(24-17-21(2,3)26-4)23-15-19-12-14-25(16-19)13-11-18-9-7-6-8-10-18;/h6-10,19H,5,11-17H2,1-4H3,(H2,22,23,24);1H. The van der Waals surface area contributed by atoms with Crippen molar-refractivity contribution in [1.82, 2.24) is 15.5 Å². The molecule has 2 rings (SSSR count). The minimum Gasteiger partial charge on any atom is -0.357 e. The Morgan fingerprint density at radius 1 is 1.26 bits per heavy atom. The van der Waals surface area contributed by atoms with E-state index in [9.17, 15) is 0 Å². The van der Waals surface area contributed by atoms with Crippen molar-refractivity contribution in [3.8, 4) is 0 Å². The van der Waals surface area contributed by atoms with Gasteiger partial charge in [-0.3, -0.25) is 4.99 Å². The molecule has 6 heteroatoms. The predicted molar refractivity (Wildman–Crippen MR) is 132 cm³/mol. The second-order valence-corrected chi connectivity index (χ2v) is 9.24. The maximum atomic E-state index is 4.77. The topological polar surface area (TPSA) is 39.7 Å². The smallest absolute Gasteiger partial charge is 0.191 e. The molecule has 1 atom stereocenters. The zero-order valence-corrected chi connectivity index (χ0v) is 20.5. The van der Waals surface area contributed by atoms with Crippen LogP contribution in [0.15, 0.2) is 35.3 Å². The minimum absolute atomic E-state index is 0. The summed E-state index contributed by atoms with van der Waals surface area (Å²) in [5.41, 5.74) is 1.44. The van der Waals surface area contributed by atoms with Gasteiger partial charge in [-0.05, 0) is 57.9 Å². The Hall–Kier alpha value is -0.470. The molecule has 0 aromatic heterocycles. The van der Waals surface area contributed by atoms with Crippen LogP contribution in [0.2, 0.25) is 0 Å². The van der Waals surface area contributed by atoms with E-state index in [0.717, 1.165) is 38.6 Å². The molecule has 27 heavy (non-hydrogen) atoms. The molecule has 4 nitrogen and oxygen atoms in total. The average Bonchev–Trinajstić information content (AvgIpc) is 3.11. The molecule has 1 aromatic carbocycles. The number of halogens is 1. The molecule has 0 bridgehead atoms. The van der Waals surface area contributed by atoms with E-state index in [1.165, 1.54) is 25.1 Å². The largest absolute Gasteiger partial charge is 0.357 e. The number of rotatable bonds is 9. The lowest BCUT2D eigenvalue weighted by atomic mass is 10.1. The van der Waals surface area contributed by atoms with Crippen molar-refractivity contribution in [2.45, 2.75) is 38.4 Å². The zero-order chi connectivity index (χ0) is 18.8. The molecule has 1 fully saturated rings. The van der Waals surface area contributed by atoms with Crippen LogP contribution < -0.4 is 10.6 Å². The van der Waals surface area contributed by atoms with E-state index in [1.54, 1.807) is 0 Å². The van der Waals surface area contributed by atoms with Crippen LogP contribution in [0.25, 0.3) is 0 Å².